The number of nitrogens with one attached hydrogen (secondary N) is 1. The Hall–Kier alpha value is -0.480. The molecule has 2 rings (SSSR count). The van der Waals surface area contributed by atoms with Crippen LogP contribution in [-0.2, 0) is 26.5 Å². The van der Waals surface area contributed by atoms with Gasteiger partial charge in [0.05, 0.1) is 5.75 Å². The molecule has 0 saturated carbocycles. The van der Waals surface area contributed by atoms with E-state index in [4.69, 9.17) is 0 Å². The third-order valence-electron chi connectivity index (χ3n) is 3.86. The summed E-state index contributed by atoms with van der Waals surface area (Å²) in [5, 5.41) is 0. The summed E-state index contributed by atoms with van der Waals surface area (Å²) in [6, 6.07) is 3.35. The lowest BCUT2D eigenvalue weighted by atomic mass is 10.2. The lowest BCUT2D eigenvalue weighted by molar-refractivity contribution is 0.423. The Morgan fingerprint density at radius 1 is 1.09 bits per heavy atom. The van der Waals surface area contributed by atoms with Crippen molar-refractivity contribution in [2.45, 2.75) is 43.2 Å². The van der Waals surface area contributed by atoms with Crippen LogP contribution in [0.15, 0.2) is 16.3 Å². The number of thiophene rings is 1. The first-order valence-corrected chi connectivity index (χ1v) is 11.8. The summed E-state index contributed by atoms with van der Waals surface area (Å²) in [5.74, 6) is -0.196. The zero-order valence-corrected chi connectivity index (χ0v) is 15.8. The Labute approximate surface area is 143 Å². The van der Waals surface area contributed by atoms with Crippen LogP contribution in [0.3, 0.4) is 0 Å². The van der Waals surface area contributed by atoms with Crippen molar-refractivity contribution in [3.05, 3.63) is 17.0 Å². The van der Waals surface area contributed by atoms with E-state index in [0.29, 0.717) is 13.1 Å². The maximum Gasteiger partial charge on any atom is 0.250 e. The van der Waals surface area contributed by atoms with Gasteiger partial charge in [0.15, 0.2) is 0 Å². The lowest BCUT2D eigenvalue weighted by Gasteiger charge is -2.19. The van der Waals surface area contributed by atoms with Gasteiger partial charge in [-0.15, -0.1) is 11.3 Å². The number of rotatable bonds is 7. The van der Waals surface area contributed by atoms with Crippen LogP contribution < -0.4 is 4.72 Å². The first kappa shape index (κ1) is 18.9. The predicted molar refractivity (Wildman–Crippen MR) is 92.7 cm³/mol. The van der Waals surface area contributed by atoms with Crippen molar-refractivity contribution in [2.24, 2.45) is 0 Å². The van der Waals surface area contributed by atoms with Crippen molar-refractivity contribution in [3.8, 4) is 0 Å². The normalized spacial score (nSPS) is 18.0. The molecular formula is C14H24N2O4S3. The molecule has 0 radical (unpaired) electrons. The number of hydrogen-bond donors (Lipinski definition) is 1. The van der Waals surface area contributed by atoms with Crippen LogP contribution in [0.4, 0.5) is 0 Å². The standard InChI is InChI=1S/C14H24N2O4S3/c1-2-13-7-8-14(21-13)23(19,20)15-9-12-22(17,18)16-10-5-3-4-6-11-16/h7-8,15H,2-6,9-12H2,1H3. The van der Waals surface area contributed by atoms with Gasteiger partial charge in [-0.3, -0.25) is 0 Å². The molecule has 1 N–H and O–H groups in total. The van der Waals surface area contributed by atoms with E-state index in [1.807, 2.05) is 6.92 Å². The molecule has 132 valence electrons. The van der Waals surface area contributed by atoms with Crippen LogP contribution in [0.1, 0.15) is 37.5 Å². The van der Waals surface area contributed by atoms with Crippen LogP contribution in [0.25, 0.3) is 0 Å². The van der Waals surface area contributed by atoms with Gasteiger partial charge < -0.3 is 0 Å². The molecular weight excluding hydrogens is 356 g/mol. The monoisotopic (exact) mass is 380 g/mol. The summed E-state index contributed by atoms with van der Waals surface area (Å²) in [6.45, 7) is 2.95. The molecule has 1 aliphatic rings. The van der Waals surface area contributed by atoms with E-state index in [1.165, 1.54) is 15.6 Å². The summed E-state index contributed by atoms with van der Waals surface area (Å²) in [7, 11) is -7.03. The van der Waals surface area contributed by atoms with Crippen molar-refractivity contribution in [1.82, 2.24) is 9.03 Å². The summed E-state index contributed by atoms with van der Waals surface area (Å²) in [5.41, 5.74) is 0. The highest BCUT2D eigenvalue weighted by molar-refractivity contribution is 7.91. The molecule has 0 atom stereocenters. The summed E-state index contributed by atoms with van der Waals surface area (Å²) < 4.78 is 53.1. The molecule has 0 amide bonds. The van der Waals surface area contributed by atoms with Gasteiger partial charge in [-0.25, -0.2) is 25.9 Å². The fourth-order valence-electron chi connectivity index (χ4n) is 2.52. The van der Waals surface area contributed by atoms with E-state index in [-0.39, 0.29) is 16.5 Å². The SMILES string of the molecule is CCc1ccc(S(=O)(=O)NCCS(=O)(=O)N2CCCCCC2)s1. The second kappa shape index (κ2) is 8.06. The molecule has 9 heteroatoms. The zero-order valence-electron chi connectivity index (χ0n) is 13.3. The molecule has 0 unspecified atom stereocenters. The Bertz CT molecular complexity index is 702. The highest BCUT2D eigenvalue weighted by Crippen LogP contribution is 2.21. The van der Waals surface area contributed by atoms with E-state index in [2.05, 4.69) is 4.72 Å². The van der Waals surface area contributed by atoms with Crippen LogP contribution in [0, 0.1) is 0 Å². The minimum atomic E-state index is -3.62. The fourth-order valence-corrected chi connectivity index (χ4v) is 6.45. The minimum Gasteiger partial charge on any atom is -0.212 e. The molecule has 2 heterocycles. The number of nitrogens with zero attached hydrogens (tertiary/aromatic N) is 1. The van der Waals surface area contributed by atoms with Gasteiger partial charge in [0, 0.05) is 24.5 Å². The number of hydrogen-bond acceptors (Lipinski definition) is 5. The molecule has 0 bridgehead atoms. The van der Waals surface area contributed by atoms with Gasteiger partial charge >= 0.3 is 0 Å². The van der Waals surface area contributed by atoms with E-state index in [9.17, 15) is 16.8 Å². The predicted octanol–water partition coefficient (Wildman–Crippen LogP) is 1.79. The largest absolute Gasteiger partial charge is 0.250 e. The fraction of sp³-hybridized carbons (Fsp3) is 0.714. The van der Waals surface area contributed by atoms with Crippen molar-refractivity contribution >= 4 is 31.4 Å². The van der Waals surface area contributed by atoms with Crippen LogP contribution in [-0.4, -0.2) is 46.5 Å². The molecule has 0 aliphatic carbocycles. The molecule has 1 aromatic rings. The van der Waals surface area contributed by atoms with Crippen LogP contribution in [0.2, 0.25) is 0 Å². The highest BCUT2D eigenvalue weighted by atomic mass is 32.2. The maximum atomic E-state index is 12.3. The first-order valence-electron chi connectivity index (χ1n) is 7.91. The van der Waals surface area contributed by atoms with Gasteiger partial charge in [0.2, 0.25) is 20.0 Å². The van der Waals surface area contributed by atoms with E-state index >= 15 is 0 Å². The quantitative estimate of drug-likeness (QED) is 0.782. The Morgan fingerprint density at radius 2 is 1.74 bits per heavy atom. The average Bonchev–Trinajstić information content (AvgIpc) is 2.81. The molecule has 1 aromatic heterocycles. The molecule has 1 fully saturated rings. The zero-order chi connectivity index (χ0) is 16.9. The molecule has 1 saturated heterocycles. The number of sulfonamides is 2. The van der Waals surface area contributed by atoms with Gasteiger partial charge in [0.25, 0.3) is 0 Å². The molecule has 23 heavy (non-hydrogen) atoms. The summed E-state index contributed by atoms with van der Waals surface area (Å²) in [6.07, 6.45) is 4.64. The third kappa shape index (κ3) is 5.25. The van der Waals surface area contributed by atoms with Crippen molar-refractivity contribution < 1.29 is 16.8 Å². The average molecular weight is 381 g/mol. The van der Waals surface area contributed by atoms with Crippen molar-refractivity contribution in [1.29, 1.82) is 0 Å². The first-order chi connectivity index (χ1) is 10.8. The number of aryl methyl sites for hydroxylation is 1. The molecule has 0 aromatic carbocycles. The Morgan fingerprint density at radius 3 is 2.30 bits per heavy atom. The van der Waals surface area contributed by atoms with Crippen LogP contribution in [0.5, 0.6) is 0 Å². The maximum absolute atomic E-state index is 12.3. The Balaban J connectivity index is 1.92. The Kier molecular flexibility index (Phi) is 6.61. The summed E-state index contributed by atoms with van der Waals surface area (Å²) in [4.78, 5) is 0.988. The lowest BCUT2D eigenvalue weighted by Crippen LogP contribution is -2.38. The third-order valence-corrected chi connectivity index (χ3v) is 8.92. The smallest absolute Gasteiger partial charge is 0.212 e. The van der Waals surface area contributed by atoms with Gasteiger partial charge in [0.1, 0.15) is 4.21 Å². The highest BCUT2D eigenvalue weighted by Gasteiger charge is 2.24. The second-order valence-electron chi connectivity index (χ2n) is 5.60. The van der Waals surface area contributed by atoms with Crippen molar-refractivity contribution in [2.75, 3.05) is 25.4 Å². The topological polar surface area (TPSA) is 83.5 Å². The van der Waals surface area contributed by atoms with E-state index in [0.717, 1.165) is 37.0 Å². The van der Waals surface area contributed by atoms with E-state index < -0.39 is 20.0 Å². The molecule has 6 nitrogen and oxygen atoms in total. The van der Waals surface area contributed by atoms with Gasteiger partial charge in [-0.2, -0.15) is 0 Å². The van der Waals surface area contributed by atoms with Gasteiger partial charge in [-0.05, 0) is 31.4 Å². The summed E-state index contributed by atoms with van der Waals surface area (Å²) >= 11 is 1.22. The molecule has 1 aliphatic heterocycles. The van der Waals surface area contributed by atoms with Crippen molar-refractivity contribution in [3.63, 3.8) is 0 Å². The van der Waals surface area contributed by atoms with Gasteiger partial charge in [-0.1, -0.05) is 19.8 Å². The minimum absolute atomic E-state index is 0.0967. The second-order valence-corrected chi connectivity index (χ2v) is 10.9. The molecule has 0 spiro atoms. The van der Waals surface area contributed by atoms with E-state index in [1.54, 1.807) is 12.1 Å². The van der Waals surface area contributed by atoms with Crippen LogP contribution >= 0.6 is 11.3 Å².